The van der Waals surface area contributed by atoms with Gasteiger partial charge in [0.25, 0.3) is 0 Å². The average Bonchev–Trinajstić information content (AvgIpc) is 3.29. The number of nitrogens with zero attached hydrogens (tertiary/aromatic N) is 4. The van der Waals surface area contributed by atoms with Crippen LogP contribution < -0.4 is 11.1 Å². The fourth-order valence-electron chi connectivity index (χ4n) is 3.46. The van der Waals surface area contributed by atoms with E-state index in [9.17, 15) is 4.79 Å². The number of hydrazone groups is 1. The van der Waals surface area contributed by atoms with Crippen LogP contribution in [0.2, 0.25) is 5.02 Å². The minimum Gasteiger partial charge on any atom is -0.337 e. The molecule has 28 heavy (non-hydrogen) atoms. The van der Waals surface area contributed by atoms with Crippen LogP contribution in [0.1, 0.15) is 45.1 Å². The highest BCUT2D eigenvalue weighted by Gasteiger charge is 2.38. The number of unbranched alkanes of at least 4 members (excludes halogenated alkanes) is 1. The van der Waals surface area contributed by atoms with Crippen molar-refractivity contribution in [1.82, 2.24) is 15.2 Å². The Morgan fingerprint density at radius 1 is 1.43 bits per heavy atom. The smallest absolute Gasteiger partial charge is 0.223 e. The lowest BCUT2D eigenvalue weighted by Crippen LogP contribution is -2.47. The lowest BCUT2D eigenvalue weighted by atomic mass is 10.0. The fourth-order valence-corrected chi connectivity index (χ4v) is 3.59. The van der Waals surface area contributed by atoms with Crippen molar-refractivity contribution in [2.75, 3.05) is 19.6 Å². The number of likely N-dealkylation sites (tertiary alicyclic amines) is 1. The van der Waals surface area contributed by atoms with Gasteiger partial charge >= 0.3 is 0 Å². The summed E-state index contributed by atoms with van der Waals surface area (Å²) in [6, 6.07) is 7.77. The van der Waals surface area contributed by atoms with Crippen molar-refractivity contribution in [3.63, 3.8) is 0 Å². The summed E-state index contributed by atoms with van der Waals surface area (Å²) in [7, 11) is 0. The number of amides is 1. The standard InChI is InChI=1S/C19H27ClN4O.CH2N2/c1-3-4-11-21-14(2)24-13-17(23-12-5-6-18(23)25)19(22-24)15-7-9-16(20)10-8-15;2-1-3/h7-10,14,17,21H,3-6,11-13H2,1-2H3;2H2. The maximum absolute atomic E-state index is 12.3. The number of nitrogens with one attached hydrogen (secondary N) is 1. The molecule has 3 N–H and O–H groups in total. The molecule has 1 fully saturated rings. The SMILES string of the molecule is CCCCNC(C)N1CC(N2CCCC2=O)C(c2ccc(Cl)cc2)=N1.N#CN. The lowest BCUT2D eigenvalue weighted by Gasteiger charge is -2.28. The van der Waals surface area contributed by atoms with E-state index in [4.69, 9.17) is 22.0 Å². The third-order valence-electron chi connectivity index (χ3n) is 4.96. The summed E-state index contributed by atoms with van der Waals surface area (Å²) in [5, 5.41) is 18.3. The van der Waals surface area contributed by atoms with Gasteiger partial charge in [0.2, 0.25) is 5.91 Å². The average molecular weight is 405 g/mol. The molecule has 0 spiro atoms. The van der Waals surface area contributed by atoms with Gasteiger partial charge in [0.05, 0.1) is 24.5 Å². The van der Waals surface area contributed by atoms with Gasteiger partial charge in [-0.05, 0) is 38.4 Å². The normalized spacial score (nSPS) is 19.7. The van der Waals surface area contributed by atoms with E-state index < -0.39 is 0 Å². The first kappa shape index (κ1) is 22.0. The Kier molecular flexibility index (Phi) is 8.55. The lowest BCUT2D eigenvalue weighted by molar-refractivity contribution is -0.128. The number of carbonyl (C=O) groups is 1. The molecular weight excluding hydrogens is 376 g/mol. The zero-order valence-electron chi connectivity index (χ0n) is 16.6. The first-order valence-electron chi connectivity index (χ1n) is 9.75. The molecule has 2 aliphatic rings. The quantitative estimate of drug-likeness (QED) is 0.413. The van der Waals surface area contributed by atoms with Crippen LogP contribution in [0, 0.1) is 11.5 Å². The zero-order valence-corrected chi connectivity index (χ0v) is 17.3. The van der Waals surface area contributed by atoms with Crippen molar-refractivity contribution in [2.24, 2.45) is 10.8 Å². The number of benzene rings is 1. The molecule has 2 atom stereocenters. The highest BCUT2D eigenvalue weighted by atomic mass is 35.5. The number of hydrogen-bond acceptors (Lipinski definition) is 6. The van der Waals surface area contributed by atoms with E-state index in [1.54, 1.807) is 0 Å². The number of halogens is 1. The number of rotatable bonds is 7. The molecule has 2 heterocycles. The van der Waals surface area contributed by atoms with Crippen LogP contribution in [0.3, 0.4) is 0 Å². The van der Waals surface area contributed by atoms with Crippen LogP contribution in [0.5, 0.6) is 0 Å². The van der Waals surface area contributed by atoms with Crippen molar-refractivity contribution < 1.29 is 4.79 Å². The zero-order chi connectivity index (χ0) is 20.5. The van der Waals surface area contributed by atoms with Gasteiger partial charge in [-0.15, -0.1) is 0 Å². The van der Waals surface area contributed by atoms with Crippen LogP contribution in [-0.4, -0.2) is 53.4 Å². The Morgan fingerprint density at radius 3 is 2.68 bits per heavy atom. The molecule has 0 saturated carbocycles. The van der Waals surface area contributed by atoms with E-state index in [1.165, 1.54) is 12.6 Å². The van der Waals surface area contributed by atoms with Gasteiger partial charge in [0, 0.05) is 23.6 Å². The molecule has 3 rings (SSSR count). The Labute approximate surface area is 172 Å². The van der Waals surface area contributed by atoms with Gasteiger partial charge in [0.15, 0.2) is 6.19 Å². The summed E-state index contributed by atoms with van der Waals surface area (Å²) in [6.45, 7) is 6.86. The largest absolute Gasteiger partial charge is 0.337 e. The molecule has 1 aromatic rings. The second-order valence-corrected chi connectivity index (χ2v) is 7.37. The van der Waals surface area contributed by atoms with Crippen LogP contribution in [0.15, 0.2) is 29.4 Å². The molecule has 1 amide bonds. The third-order valence-corrected chi connectivity index (χ3v) is 5.21. The molecule has 8 heteroatoms. The van der Waals surface area contributed by atoms with E-state index in [-0.39, 0.29) is 18.1 Å². The molecule has 0 aromatic heterocycles. The summed E-state index contributed by atoms with van der Waals surface area (Å²) in [5.41, 5.74) is 6.16. The maximum Gasteiger partial charge on any atom is 0.223 e. The maximum atomic E-state index is 12.3. The van der Waals surface area contributed by atoms with Crippen molar-refractivity contribution in [1.29, 1.82) is 5.26 Å². The van der Waals surface area contributed by atoms with Gasteiger partial charge in [0.1, 0.15) is 0 Å². The summed E-state index contributed by atoms with van der Waals surface area (Å²) < 4.78 is 0. The number of nitriles is 1. The van der Waals surface area contributed by atoms with E-state index >= 15 is 0 Å². The predicted octanol–water partition coefficient (Wildman–Crippen LogP) is 2.51. The van der Waals surface area contributed by atoms with E-state index in [1.807, 2.05) is 29.2 Å². The molecule has 0 aliphatic carbocycles. The van der Waals surface area contributed by atoms with E-state index in [2.05, 4.69) is 29.9 Å². The Morgan fingerprint density at radius 2 is 2.11 bits per heavy atom. The molecule has 0 bridgehead atoms. The van der Waals surface area contributed by atoms with Crippen LogP contribution in [0.25, 0.3) is 0 Å². The van der Waals surface area contributed by atoms with Crippen LogP contribution >= 0.6 is 11.6 Å². The fraction of sp³-hybridized carbons (Fsp3) is 0.550. The summed E-state index contributed by atoms with van der Waals surface area (Å²) >= 11 is 6.03. The predicted molar refractivity (Wildman–Crippen MR) is 112 cm³/mol. The first-order valence-corrected chi connectivity index (χ1v) is 10.1. The summed E-state index contributed by atoms with van der Waals surface area (Å²) in [4.78, 5) is 14.3. The Bertz CT molecular complexity index is 714. The molecule has 2 unspecified atom stereocenters. The minimum atomic E-state index is 0.0200. The second-order valence-electron chi connectivity index (χ2n) is 6.93. The third kappa shape index (κ3) is 5.60. The molecule has 7 nitrogen and oxygen atoms in total. The summed E-state index contributed by atoms with van der Waals surface area (Å²) in [5.74, 6) is 0.236. The van der Waals surface area contributed by atoms with Crippen LogP contribution in [-0.2, 0) is 4.79 Å². The molecule has 2 aliphatic heterocycles. The molecule has 1 aromatic carbocycles. The van der Waals surface area contributed by atoms with E-state index in [0.717, 1.165) is 43.8 Å². The highest BCUT2D eigenvalue weighted by Crippen LogP contribution is 2.25. The van der Waals surface area contributed by atoms with Gasteiger partial charge in [-0.1, -0.05) is 37.1 Å². The minimum absolute atomic E-state index is 0.0200. The Hall–Kier alpha value is -2.30. The Balaban J connectivity index is 0.000000878. The van der Waals surface area contributed by atoms with Gasteiger partial charge in [-0.2, -0.15) is 10.4 Å². The number of nitrogens with two attached hydrogens (primary N) is 1. The van der Waals surface area contributed by atoms with Gasteiger partial charge in [-0.25, -0.2) is 0 Å². The summed E-state index contributed by atoms with van der Waals surface area (Å²) in [6.07, 6.45) is 5.31. The first-order chi connectivity index (χ1) is 13.5. The highest BCUT2D eigenvalue weighted by molar-refractivity contribution is 6.30. The van der Waals surface area contributed by atoms with Crippen molar-refractivity contribution in [3.05, 3.63) is 34.9 Å². The topological polar surface area (TPSA) is 97.7 Å². The van der Waals surface area contributed by atoms with Crippen molar-refractivity contribution in [3.8, 4) is 6.19 Å². The molecule has 152 valence electrons. The monoisotopic (exact) mass is 404 g/mol. The second kappa shape index (κ2) is 10.9. The molecular formula is C20H29ClN6O. The van der Waals surface area contributed by atoms with Crippen molar-refractivity contribution >= 4 is 23.2 Å². The van der Waals surface area contributed by atoms with Gasteiger partial charge < -0.3 is 10.6 Å². The van der Waals surface area contributed by atoms with Gasteiger partial charge in [-0.3, -0.25) is 15.1 Å². The molecule has 1 saturated heterocycles. The number of hydrogen-bond donors (Lipinski definition) is 2. The molecule has 0 radical (unpaired) electrons. The number of carbonyl (C=O) groups excluding carboxylic acids is 1. The van der Waals surface area contributed by atoms with Crippen LogP contribution in [0.4, 0.5) is 0 Å². The van der Waals surface area contributed by atoms with E-state index in [0.29, 0.717) is 11.4 Å². The van der Waals surface area contributed by atoms with Crippen molar-refractivity contribution in [2.45, 2.75) is 51.7 Å².